The summed E-state index contributed by atoms with van der Waals surface area (Å²) in [5.41, 5.74) is 0.419. The van der Waals surface area contributed by atoms with E-state index in [0.29, 0.717) is 5.69 Å². The summed E-state index contributed by atoms with van der Waals surface area (Å²) in [6, 6.07) is 5.36. The molecule has 8 heteroatoms. The average Bonchev–Trinajstić information content (AvgIpc) is 3.29. The number of aromatic nitrogens is 1. The molecule has 0 aliphatic heterocycles. The van der Waals surface area contributed by atoms with Gasteiger partial charge in [-0.05, 0) is 31.0 Å². The van der Waals surface area contributed by atoms with Crippen LogP contribution in [0.5, 0.6) is 0 Å². The third-order valence-corrected chi connectivity index (χ3v) is 3.58. The van der Waals surface area contributed by atoms with Gasteiger partial charge >= 0.3 is 12.0 Å². The van der Waals surface area contributed by atoms with Crippen molar-refractivity contribution >= 4 is 17.7 Å². The zero-order valence-electron chi connectivity index (χ0n) is 13.0. The fraction of sp³-hybridized carbons (Fsp3) is 0.312. The molecule has 1 aromatic heterocycles. The molecule has 0 atom stereocenters. The van der Waals surface area contributed by atoms with Crippen LogP contribution in [0.1, 0.15) is 29.2 Å². The first-order valence-corrected chi connectivity index (χ1v) is 7.42. The second kappa shape index (κ2) is 6.69. The quantitative estimate of drug-likeness (QED) is 0.851. The van der Waals surface area contributed by atoms with Crippen molar-refractivity contribution < 1.29 is 23.1 Å². The van der Waals surface area contributed by atoms with Gasteiger partial charge in [0.15, 0.2) is 5.69 Å². The maximum atomic E-state index is 13.2. The van der Waals surface area contributed by atoms with Crippen LogP contribution >= 0.6 is 0 Å². The zero-order chi connectivity index (χ0) is 17.1. The van der Waals surface area contributed by atoms with Crippen molar-refractivity contribution in [3.8, 4) is 0 Å². The minimum atomic E-state index is -0.604. The summed E-state index contributed by atoms with van der Waals surface area (Å²) in [7, 11) is 1.25. The van der Waals surface area contributed by atoms with Crippen molar-refractivity contribution in [1.82, 2.24) is 9.88 Å². The van der Waals surface area contributed by atoms with E-state index in [4.69, 9.17) is 4.42 Å². The van der Waals surface area contributed by atoms with E-state index in [9.17, 15) is 14.0 Å². The van der Waals surface area contributed by atoms with Crippen molar-refractivity contribution in [3.05, 3.63) is 47.9 Å². The van der Waals surface area contributed by atoms with E-state index >= 15 is 0 Å². The van der Waals surface area contributed by atoms with Gasteiger partial charge in [0.25, 0.3) is 0 Å². The topological polar surface area (TPSA) is 84.7 Å². The first-order valence-electron chi connectivity index (χ1n) is 7.42. The van der Waals surface area contributed by atoms with Crippen LogP contribution in [0.25, 0.3) is 0 Å². The highest BCUT2D eigenvalue weighted by molar-refractivity contribution is 5.89. The molecule has 0 spiro atoms. The number of anilines is 1. The molecule has 7 nitrogen and oxygen atoms in total. The van der Waals surface area contributed by atoms with Gasteiger partial charge in [0.1, 0.15) is 12.1 Å². The van der Waals surface area contributed by atoms with Crippen LogP contribution in [0.4, 0.5) is 14.9 Å². The number of ether oxygens (including phenoxy) is 1. The van der Waals surface area contributed by atoms with Crippen molar-refractivity contribution in [2.45, 2.75) is 25.4 Å². The second-order valence-electron chi connectivity index (χ2n) is 5.42. The van der Waals surface area contributed by atoms with Gasteiger partial charge in [0, 0.05) is 11.7 Å². The zero-order valence-corrected chi connectivity index (χ0v) is 13.0. The lowest BCUT2D eigenvalue weighted by molar-refractivity contribution is 0.0594. The maximum Gasteiger partial charge on any atom is 0.360 e. The Morgan fingerprint density at radius 1 is 1.46 bits per heavy atom. The van der Waals surface area contributed by atoms with Gasteiger partial charge in [-0.2, -0.15) is 0 Å². The highest BCUT2D eigenvalue weighted by atomic mass is 19.1. The number of esters is 1. The Kier molecular flexibility index (Phi) is 4.45. The third kappa shape index (κ3) is 3.70. The Morgan fingerprint density at radius 3 is 2.92 bits per heavy atom. The smallest absolute Gasteiger partial charge is 0.360 e. The number of urea groups is 1. The molecular formula is C16H16FN3O4. The summed E-state index contributed by atoms with van der Waals surface area (Å²) in [5, 5.41) is 2.65. The molecule has 1 aliphatic carbocycles. The number of hydrogen-bond donors (Lipinski definition) is 1. The summed E-state index contributed by atoms with van der Waals surface area (Å²) in [6.45, 7) is 0.114. The van der Waals surface area contributed by atoms with Crippen LogP contribution in [0.3, 0.4) is 0 Å². The summed E-state index contributed by atoms with van der Waals surface area (Å²) in [6.07, 6.45) is 2.94. The molecule has 1 saturated carbocycles. The van der Waals surface area contributed by atoms with Gasteiger partial charge in [-0.3, -0.25) is 0 Å². The summed E-state index contributed by atoms with van der Waals surface area (Å²) in [4.78, 5) is 29.4. The molecule has 0 unspecified atom stereocenters. The van der Waals surface area contributed by atoms with Crippen molar-refractivity contribution in [2.24, 2.45) is 0 Å². The normalized spacial score (nSPS) is 13.4. The number of methoxy groups -OCH3 is 1. The van der Waals surface area contributed by atoms with Gasteiger partial charge in [0.05, 0.1) is 13.7 Å². The number of halogens is 1. The molecule has 1 aromatic carbocycles. The fourth-order valence-corrected chi connectivity index (χ4v) is 2.24. The first-order chi connectivity index (χ1) is 11.6. The molecule has 2 amide bonds. The fourth-order valence-electron chi connectivity index (χ4n) is 2.24. The van der Waals surface area contributed by atoms with Crippen molar-refractivity contribution in [1.29, 1.82) is 0 Å². The molecule has 24 heavy (non-hydrogen) atoms. The van der Waals surface area contributed by atoms with Crippen LogP contribution in [0.2, 0.25) is 0 Å². The standard InChI is InChI=1S/C16H16FN3O4/c1-23-15(21)13-9-24-14(19-13)8-20(12-5-6-12)16(22)18-11-4-2-3-10(17)7-11/h2-4,7,9,12H,5-6,8H2,1H3,(H,18,22). The SMILES string of the molecule is COC(=O)c1coc(CN(C(=O)Nc2cccc(F)c2)C2CC2)n1. The largest absolute Gasteiger partial charge is 0.464 e. The number of nitrogens with one attached hydrogen (secondary N) is 1. The van der Waals surface area contributed by atoms with Gasteiger partial charge in [-0.25, -0.2) is 19.0 Å². The predicted molar refractivity (Wildman–Crippen MR) is 81.8 cm³/mol. The van der Waals surface area contributed by atoms with Crippen molar-refractivity contribution in [2.75, 3.05) is 12.4 Å². The second-order valence-corrected chi connectivity index (χ2v) is 5.42. The number of rotatable bonds is 5. The Morgan fingerprint density at radius 2 is 2.25 bits per heavy atom. The lowest BCUT2D eigenvalue weighted by Gasteiger charge is -2.21. The van der Waals surface area contributed by atoms with Crippen LogP contribution in [-0.2, 0) is 11.3 Å². The number of carbonyl (C=O) groups excluding carboxylic acids is 2. The van der Waals surface area contributed by atoms with Gasteiger partial charge < -0.3 is 19.4 Å². The molecule has 0 saturated heterocycles. The van der Waals surface area contributed by atoms with Crippen LogP contribution in [0.15, 0.2) is 34.9 Å². The molecule has 126 valence electrons. The predicted octanol–water partition coefficient (Wildman–Crippen LogP) is 2.80. The number of hydrogen-bond acceptors (Lipinski definition) is 5. The van der Waals surface area contributed by atoms with Crippen LogP contribution in [-0.4, -0.2) is 35.0 Å². The summed E-state index contributed by atoms with van der Waals surface area (Å²) < 4.78 is 23.0. The third-order valence-electron chi connectivity index (χ3n) is 3.58. The number of carbonyl (C=O) groups is 2. The lowest BCUT2D eigenvalue weighted by Crippen LogP contribution is -2.36. The Labute approximate surface area is 137 Å². The Bertz CT molecular complexity index is 757. The van der Waals surface area contributed by atoms with Gasteiger partial charge in [-0.15, -0.1) is 0 Å². The number of amides is 2. The lowest BCUT2D eigenvalue weighted by atomic mass is 10.3. The van der Waals surface area contributed by atoms with E-state index in [-0.39, 0.29) is 30.2 Å². The van der Waals surface area contributed by atoms with E-state index in [1.165, 1.54) is 31.6 Å². The molecule has 1 aliphatic rings. The number of benzene rings is 1. The molecule has 1 heterocycles. The summed E-state index contributed by atoms with van der Waals surface area (Å²) in [5.74, 6) is -0.801. The highest BCUT2D eigenvalue weighted by Gasteiger charge is 2.34. The van der Waals surface area contributed by atoms with Gasteiger partial charge in [-0.1, -0.05) is 6.07 Å². The van der Waals surface area contributed by atoms with E-state index < -0.39 is 11.8 Å². The monoisotopic (exact) mass is 333 g/mol. The van der Waals surface area contributed by atoms with Crippen LogP contribution in [0, 0.1) is 5.82 Å². The minimum Gasteiger partial charge on any atom is -0.464 e. The molecule has 0 radical (unpaired) electrons. The Hall–Kier alpha value is -2.90. The molecular weight excluding hydrogens is 317 g/mol. The van der Waals surface area contributed by atoms with E-state index in [2.05, 4.69) is 15.0 Å². The van der Waals surface area contributed by atoms with Crippen molar-refractivity contribution in [3.63, 3.8) is 0 Å². The maximum absolute atomic E-state index is 13.2. The number of oxazole rings is 1. The molecule has 1 N–H and O–H groups in total. The molecule has 2 aromatic rings. The van der Waals surface area contributed by atoms with E-state index in [1.807, 2.05) is 0 Å². The Balaban J connectivity index is 1.69. The van der Waals surface area contributed by atoms with Crippen LogP contribution < -0.4 is 5.32 Å². The number of nitrogens with zero attached hydrogens (tertiary/aromatic N) is 2. The highest BCUT2D eigenvalue weighted by Crippen LogP contribution is 2.29. The molecule has 1 fully saturated rings. The molecule has 0 bridgehead atoms. The first kappa shape index (κ1) is 16.0. The van der Waals surface area contributed by atoms with E-state index in [1.54, 1.807) is 11.0 Å². The van der Waals surface area contributed by atoms with Gasteiger partial charge in [0.2, 0.25) is 5.89 Å². The van der Waals surface area contributed by atoms with E-state index in [0.717, 1.165) is 12.8 Å². The average molecular weight is 333 g/mol. The minimum absolute atomic E-state index is 0.0498. The summed E-state index contributed by atoms with van der Waals surface area (Å²) >= 11 is 0. The molecule has 3 rings (SSSR count).